The molecule has 4 aliphatic heterocycles. The van der Waals surface area contributed by atoms with Crippen LogP contribution in [0.3, 0.4) is 0 Å². The predicted molar refractivity (Wildman–Crippen MR) is 183 cm³/mol. The van der Waals surface area contributed by atoms with Crippen molar-refractivity contribution in [2.45, 2.75) is 82.1 Å². The second kappa shape index (κ2) is 13.2. The number of carbonyl (C=O) groups excluding carboxylic acids is 2. The number of anilines is 1. The van der Waals surface area contributed by atoms with Crippen LogP contribution < -0.4 is 11.4 Å². The van der Waals surface area contributed by atoms with Crippen LogP contribution in [0.5, 0.6) is 0 Å². The quantitative estimate of drug-likeness (QED) is 0.382. The first-order valence-electron chi connectivity index (χ1n) is 17.1. The lowest BCUT2D eigenvalue weighted by molar-refractivity contribution is -0.143. The maximum absolute atomic E-state index is 14.1. The molecular formula is C35H46ClN7O4. The highest BCUT2D eigenvalue weighted by Crippen LogP contribution is 2.36. The number of nitrogens with one attached hydrogen (secondary N) is 1. The van der Waals surface area contributed by atoms with Gasteiger partial charge in [-0.3, -0.25) is 14.3 Å². The molecule has 4 aliphatic rings. The van der Waals surface area contributed by atoms with Gasteiger partial charge in [0.2, 0.25) is 0 Å². The summed E-state index contributed by atoms with van der Waals surface area (Å²) in [5.74, 6) is -0.174. The second-order valence-corrected chi connectivity index (χ2v) is 14.4. The fraction of sp³-hybridized carbons (Fsp3) is 0.571. The SMILES string of the molecule is Cc1cc(C[C@@H](OC(=O)N2CCC(n3c(=O)[nH]c4ccccc43)CC2)C(=O)N2CCN(C3CC4CCC(C3)N4C)CC2)cc(Cl)c1N. The fourth-order valence-electron chi connectivity index (χ4n) is 8.47. The van der Waals surface area contributed by atoms with Crippen LogP contribution in [0, 0.1) is 6.92 Å². The number of para-hydroxylation sites is 2. The number of aromatic nitrogens is 2. The highest BCUT2D eigenvalue weighted by Gasteiger charge is 2.42. The number of benzene rings is 2. The minimum atomic E-state index is -0.985. The number of nitrogen functional groups attached to an aromatic ring is 1. The molecule has 5 heterocycles. The summed E-state index contributed by atoms with van der Waals surface area (Å²) >= 11 is 6.41. The molecule has 0 saturated carbocycles. The molecule has 3 aromatic rings. The standard InChI is InChI=1S/C35H46ClN7O4/c1-22-17-23(18-28(36)32(22)37)19-31(33(44)41-15-13-40(14-16-41)27-20-25-7-8-26(21-27)39(25)2)47-35(46)42-11-9-24(10-12-42)43-30-6-4-3-5-29(30)38-34(43)45/h3-6,17-18,24-27,31H,7-16,19-21,37H2,1-2H3,(H,38,45)/t25?,26?,27?,31-/m1/s1. The van der Waals surface area contributed by atoms with Crippen molar-refractivity contribution in [2.75, 3.05) is 52.0 Å². The number of piperazine rings is 1. The van der Waals surface area contributed by atoms with E-state index in [1.165, 1.54) is 25.7 Å². The lowest BCUT2D eigenvalue weighted by atomic mass is 9.96. The van der Waals surface area contributed by atoms with Gasteiger partial charge in [-0.1, -0.05) is 29.8 Å². The first-order chi connectivity index (χ1) is 22.7. The number of rotatable bonds is 6. The van der Waals surface area contributed by atoms with E-state index in [0.29, 0.717) is 67.9 Å². The van der Waals surface area contributed by atoms with E-state index >= 15 is 0 Å². The Bertz CT molecular complexity index is 1650. The first kappa shape index (κ1) is 32.0. The fourth-order valence-corrected chi connectivity index (χ4v) is 8.76. The number of nitrogens with zero attached hydrogens (tertiary/aromatic N) is 5. The lowest BCUT2D eigenvalue weighted by Gasteiger charge is -2.45. The molecule has 1 aromatic heterocycles. The zero-order valence-electron chi connectivity index (χ0n) is 27.4. The van der Waals surface area contributed by atoms with E-state index in [1.807, 2.05) is 42.2 Å². The van der Waals surface area contributed by atoms with Crippen LogP contribution in [-0.4, -0.2) is 112 Å². The van der Waals surface area contributed by atoms with Crippen LogP contribution in [0.15, 0.2) is 41.2 Å². The van der Waals surface area contributed by atoms with E-state index in [4.69, 9.17) is 22.1 Å². The van der Waals surface area contributed by atoms with Gasteiger partial charge in [-0.25, -0.2) is 9.59 Å². The van der Waals surface area contributed by atoms with Crippen LogP contribution >= 0.6 is 11.6 Å². The van der Waals surface area contributed by atoms with Crippen molar-refractivity contribution >= 4 is 40.3 Å². The van der Waals surface area contributed by atoms with Crippen molar-refractivity contribution in [3.63, 3.8) is 0 Å². The summed E-state index contributed by atoms with van der Waals surface area (Å²) < 4.78 is 7.86. The Morgan fingerprint density at radius 3 is 2.30 bits per heavy atom. The van der Waals surface area contributed by atoms with Gasteiger partial charge in [-0.2, -0.15) is 0 Å². The molecule has 4 saturated heterocycles. The third kappa shape index (κ3) is 6.37. The number of imidazole rings is 1. The monoisotopic (exact) mass is 663 g/mol. The van der Waals surface area contributed by atoms with Crippen molar-refractivity contribution in [3.05, 3.63) is 63.0 Å². The van der Waals surface area contributed by atoms with Gasteiger partial charge in [-0.15, -0.1) is 0 Å². The number of amides is 2. The van der Waals surface area contributed by atoms with E-state index in [-0.39, 0.29) is 24.1 Å². The Labute approximate surface area is 280 Å². The number of aryl methyl sites for hydroxylation is 1. The van der Waals surface area contributed by atoms with E-state index in [1.54, 1.807) is 15.5 Å². The summed E-state index contributed by atoms with van der Waals surface area (Å²) in [6, 6.07) is 13.2. The Hall–Kier alpha value is -3.54. The molecule has 3 atom stereocenters. The summed E-state index contributed by atoms with van der Waals surface area (Å²) in [5.41, 5.74) is 9.75. The van der Waals surface area contributed by atoms with Gasteiger partial charge in [0.25, 0.3) is 5.91 Å². The van der Waals surface area contributed by atoms with Crippen LogP contribution in [0.4, 0.5) is 10.5 Å². The zero-order chi connectivity index (χ0) is 32.8. The molecule has 11 nitrogen and oxygen atoms in total. The highest BCUT2D eigenvalue weighted by molar-refractivity contribution is 6.33. The first-order valence-corrected chi connectivity index (χ1v) is 17.5. The summed E-state index contributed by atoms with van der Waals surface area (Å²) in [6.07, 6.45) is 4.92. The van der Waals surface area contributed by atoms with Crippen LogP contribution in [0.25, 0.3) is 11.0 Å². The number of halogens is 1. The van der Waals surface area contributed by atoms with Gasteiger partial charge >= 0.3 is 11.8 Å². The third-order valence-corrected chi connectivity index (χ3v) is 11.6. The molecule has 12 heteroatoms. The number of fused-ring (bicyclic) bond motifs is 3. The van der Waals surface area contributed by atoms with Gasteiger partial charge in [0.15, 0.2) is 6.10 Å². The van der Waals surface area contributed by atoms with Crippen molar-refractivity contribution in [2.24, 2.45) is 0 Å². The molecule has 47 heavy (non-hydrogen) atoms. The molecular weight excluding hydrogens is 618 g/mol. The molecule has 0 radical (unpaired) electrons. The van der Waals surface area contributed by atoms with Crippen molar-refractivity contribution in [3.8, 4) is 0 Å². The van der Waals surface area contributed by atoms with Gasteiger partial charge < -0.3 is 30.2 Å². The normalized spacial score (nSPS) is 25.0. The van der Waals surface area contributed by atoms with Crippen molar-refractivity contribution in [1.29, 1.82) is 0 Å². The molecule has 0 spiro atoms. The molecule has 7 rings (SSSR count). The largest absolute Gasteiger partial charge is 0.436 e. The smallest absolute Gasteiger partial charge is 0.410 e. The number of likely N-dealkylation sites (tertiary alicyclic amines) is 1. The van der Waals surface area contributed by atoms with E-state index in [9.17, 15) is 14.4 Å². The average Bonchev–Trinajstić information content (AvgIpc) is 3.49. The topological polar surface area (TPSA) is 120 Å². The van der Waals surface area contributed by atoms with E-state index < -0.39 is 12.2 Å². The van der Waals surface area contributed by atoms with Gasteiger partial charge in [0.05, 0.1) is 21.7 Å². The van der Waals surface area contributed by atoms with Crippen LogP contribution in [-0.2, 0) is 16.0 Å². The summed E-state index contributed by atoms with van der Waals surface area (Å²) in [5, 5.41) is 0.424. The number of H-pyrrole nitrogens is 1. The van der Waals surface area contributed by atoms with Gasteiger partial charge in [0.1, 0.15) is 0 Å². The van der Waals surface area contributed by atoms with Gasteiger partial charge in [0, 0.05) is 69.9 Å². The molecule has 252 valence electrons. The summed E-state index contributed by atoms with van der Waals surface area (Å²) in [4.78, 5) is 52.0. The van der Waals surface area contributed by atoms with E-state index in [0.717, 1.165) is 35.2 Å². The average molecular weight is 664 g/mol. The Kier molecular flexibility index (Phi) is 8.97. The second-order valence-electron chi connectivity index (χ2n) is 14.0. The summed E-state index contributed by atoms with van der Waals surface area (Å²) in [7, 11) is 2.26. The number of hydrogen-bond donors (Lipinski definition) is 2. The van der Waals surface area contributed by atoms with Crippen LogP contribution in [0.1, 0.15) is 55.7 Å². The van der Waals surface area contributed by atoms with E-state index in [2.05, 4.69) is 21.8 Å². The number of hydrogen-bond acceptors (Lipinski definition) is 7. The van der Waals surface area contributed by atoms with Crippen molar-refractivity contribution < 1.29 is 14.3 Å². The number of nitrogens with two attached hydrogens (primary N) is 1. The zero-order valence-corrected chi connectivity index (χ0v) is 28.1. The third-order valence-electron chi connectivity index (χ3n) is 11.3. The molecule has 0 aliphatic carbocycles. The molecule has 2 bridgehead atoms. The lowest BCUT2D eigenvalue weighted by Crippen LogP contribution is -2.57. The number of ether oxygens (including phenoxy) is 1. The van der Waals surface area contributed by atoms with Crippen molar-refractivity contribution in [1.82, 2.24) is 29.2 Å². The minimum Gasteiger partial charge on any atom is -0.436 e. The number of piperidine rings is 2. The number of carbonyl (C=O) groups is 2. The van der Waals surface area contributed by atoms with Crippen LogP contribution in [0.2, 0.25) is 5.02 Å². The van der Waals surface area contributed by atoms with Gasteiger partial charge in [-0.05, 0) is 81.8 Å². The number of aromatic amines is 1. The predicted octanol–water partition coefficient (Wildman–Crippen LogP) is 4.03. The Morgan fingerprint density at radius 1 is 0.936 bits per heavy atom. The molecule has 3 N–H and O–H groups in total. The minimum absolute atomic E-state index is 0.0314. The molecule has 4 fully saturated rings. The molecule has 2 aromatic carbocycles. The maximum atomic E-state index is 14.1. The molecule has 2 unspecified atom stereocenters. The highest BCUT2D eigenvalue weighted by atomic mass is 35.5. The Balaban J connectivity index is 1.01. The Morgan fingerprint density at radius 2 is 1.62 bits per heavy atom. The summed E-state index contributed by atoms with van der Waals surface area (Å²) in [6.45, 7) is 5.62. The maximum Gasteiger partial charge on any atom is 0.410 e. The molecule has 2 amide bonds.